The van der Waals surface area contributed by atoms with Crippen LogP contribution >= 0.6 is 0 Å². The first-order valence-corrected chi connectivity index (χ1v) is 5.89. The molecule has 0 aliphatic heterocycles. The molecule has 2 N–H and O–H groups in total. The number of halogens is 3. The van der Waals surface area contributed by atoms with Crippen LogP contribution in [0.1, 0.15) is 18.4 Å². The van der Waals surface area contributed by atoms with Crippen LogP contribution < -0.4 is 10.5 Å². The molecular weight excluding hydrogens is 255 g/mol. The summed E-state index contributed by atoms with van der Waals surface area (Å²) in [5.74, 6) is 5.35. The molecule has 0 amide bonds. The van der Waals surface area contributed by atoms with E-state index in [4.69, 9.17) is 10.5 Å². The minimum absolute atomic E-state index is 0.0588. The van der Waals surface area contributed by atoms with Gasteiger partial charge >= 0.3 is 6.18 Å². The first-order chi connectivity index (χ1) is 8.87. The second kappa shape index (κ2) is 4.78. The molecule has 0 unspecified atom stereocenters. The van der Waals surface area contributed by atoms with Gasteiger partial charge in [-0.1, -0.05) is 24.0 Å². The number of hydrogen-bond donors (Lipinski definition) is 1. The molecule has 1 aromatic carbocycles. The van der Waals surface area contributed by atoms with E-state index >= 15 is 0 Å². The maximum atomic E-state index is 13.2. The van der Waals surface area contributed by atoms with Crippen molar-refractivity contribution in [1.82, 2.24) is 0 Å². The van der Waals surface area contributed by atoms with E-state index in [1.54, 1.807) is 0 Å². The van der Waals surface area contributed by atoms with Crippen LogP contribution in [0.25, 0.3) is 0 Å². The maximum absolute atomic E-state index is 13.2. The van der Waals surface area contributed by atoms with Crippen molar-refractivity contribution >= 4 is 0 Å². The van der Waals surface area contributed by atoms with Crippen LogP contribution in [-0.4, -0.2) is 13.3 Å². The normalized spacial score (nSPS) is 18.2. The summed E-state index contributed by atoms with van der Waals surface area (Å²) in [6.07, 6.45) is -2.92. The molecule has 1 saturated carbocycles. The Morgan fingerprint density at radius 1 is 1.21 bits per heavy atom. The first kappa shape index (κ1) is 13.8. The van der Waals surface area contributed by atoms with E-state index in [1.807, 2.05) is 0 Å². The summed E-state index contributed by atoms with van der Waals surface area (Å²) in [5.41, 5.74) is 2.83. The van der Waals surface area contributed by atoms with Crippen molar-refractivity contribution in [3.05, 3.63) is 29.8 Å². The highest BCUT2D eigenvalue weighted by molar-refractivity contribution is 5.40. The highest BCUT2D eigenvalue weighted by Crippen LogP contribution is 2.38. The van der Waals surface area contributed by atoms with E-state index in [1.165, 1.54) is 31.4 Å². The summed E-state index contributed by atoms with van der Waals surface area (Å²) in [6.45, 7) is 0. The number of alkyl halides is 3. The average molecular weight is 269 g/mol. The topological polar surface area (TPSA) is 35.2 Å². The van der Waals surface area contributed by atoms with Crippen LogP contribution in [-0.2, 0) is 5.54 Å². The van der Waals surface area contributed by atoms with Crippen LogP contribution in [0.2, 0.25) is 0 Å². The highest BCUT2D eigenvalue weighted by Gasteiger charge is 2.52. The summed E-state index contributed by atoms with van der Waals surface area (Å²) in [7, 11) is 1.45. The van der Waals surface area contributed by atoms with Gasteiger partial charge in [0.05, 0.1) is 7.11 Å². The first-order valence-electron chi connectivity index (χ1n) is 5.89. The van der Waals surface area contributed by atoms with Gasteiger partial charge in [-0.3, -0.25) is 0 Å². The summed E-state index contributed by atoms with van der Waals surface area (Å²) in [4.78, 5) is 0. The molecule has 102 valence electrons. The second-order valence-corrected chi connectivity index (χ2v) is 4.58. The van der Waals surface area contributed by atoms with Gasteiger partial charge in [-0.05, 0) is 30.5 Å². The van der Waals surface area contributed by atoms with Gasteiger partial charge < -0.3 is 10.5 Å². The molecule has 0 radical (unpaired) electrons. The molecule has 1 aliphatic carbocycles. The number of methoxy groups -OCH3 is 1. The third-order valence-corrected chi connectivity index (χ3v) is 3.04. The fourth-order valence-corrected chi connectivity index (χ4v) is 1.60. The van der Waals surface area contributed by atoms with Crippen molar-refractivity contribution in [3.8, 4) is 17.6 Å². The van der Waals surface area contributed by atoms with Crippen molar-refractivity contribution in [2.45, 2.75) is 24.6 Å². The lowest BCUT2D eigenvalue weighted by molar-refractivity contribution is -0.171. The van der Waals surface area contributed by atoms with Crippen molar-refractivity contribution in [3.63, 3.8) is 0 Å². The monoisotopic (exact) mass is 269 g/mol. The molecule has 0 spiro atoms. The minimum Gasteiger partial charge on any atom is -0.497 e. The Morgan fingerprint density at radius 3 is 2.21 bits per heavy atom. The molecule has 1 fully saturated rings. The predicted octanol–water partition coefficient (Wildman–Crippen LogP) is 2.82. The molecular formula is C14H14F3NO. The zero-order valence-corrected chi connectivity index (χ0v) is 10.4. The van der Waals surface area contributed by atoms with Gasteiger partial charge in [0.15, 0.2) is 5.54 Å². The molecule has 0 aromatic heterocycles. The Bertz CT molecular complexity index is 508. The van der Waals surface area contributed by atoms with Gasteiger partial charge in [-0.15, -0.1) is 0 Å². The Morgan fingerprint density at radius 2 is 1.79 bits per heavy atom. The molecule has 2 nitrogen and oxygen atoms in total. The van der Waals surface area contributed by atoms with Gasteiger partial charge in [0.25, 0.3) is 0 Å². The molecule has 19 heavy (non-hydrogen) atoms. The van der Waals surface area contributed by atoms with Gasteiger partial charge in [0.2, 0.25) is 0 Å². The van der Waals surface area contributed by atoms with Crippen LogP contribution in [0.5, 0.6) is 5.75 Å². The van der Waals surface area contributed by atoms with E-state index in [2.05, 4.69) is 11.8 Å². The smallest absolute Gasteiger partial charge is 0.422 e. The largest absolute Gasteiger partial charge is 0.497 e. The fourth-order valence-electron chi connectivity index (χ4n) is 1.60. The van der Waals surface area contributed by atoms with Gasteiger partial charge in [0, 0.05) is 5.92 Å². The Balaban J connectivity index is 2.39. The highest BCUT2D eigenvalue weighted by atomic mass is 19.4. The van der Waals surface area contributed by atoms with E-state index in [-0.39, 0.29) is 11.5 Å². The van der Waals surface area contributed by atoms with Gasteiger partial charge in [-0.2, -0.15) is 13.2 Å². The lowest BCUT2D eigenvalue weighted by atomic mass is 9.90. The van der Waals surface area contributed by atoms with Crippen molar-refractivity contribution in [2.24, 2.45) is 11.7 Å². The van der Waals surface area contributed by atoms with Crippen LogP contribution in [0, 0.1) is 17.8 Å². The van der Waals surface area contributed by atoms with E-state index in [0.29, 0.717) is 5.75 Å². The summed E-state index contributed by atoms with van der Waals surface area (Å²) < 4.78 is 44.5. The quantitative estimate of drug-likeness (QED) is 0.838. The van der Waals surface area contributed by atoms with Crippen molar-refractivity contribution < 1.29 is 17.9 Å². The van der Waals surface area contributed by atoms with Gasteiger partial charge in [0.1, 0.15) is 5.75 Å². The number of benzene rings is 1. The van der Waals surface area contributed by atoms with Crippen LogP contribution in [0.4, 0.5) is 13.2 Å². The molecule has 0 bridgehead atoms. The third kappa shape index (κ3) is 2.85. The summed E-state index contributed by atoms with van der Waals surface area (Å²) >= 11 is 0. The molecule has 5 heteroatoms. The zero-order chi connectivity index (χ0) is 14.1. The zero-order valence-electron chi connectivity index (χ0n) is 10.4. The lowest BCUT2D eigenvalue weighted by Gasteiger charge is -2.27. The number of ether oxygens (including phenoxy) is 1. The fraction of sp³-hybridized carbons (Fsp3) is 0.429. The third-order valence-electron chi connectivity index (χ3n) is 3.04. The Kier molecular flexibility index (Phi) is 3.46. The summed E-state index contributed by atoms with van der Waals surface area (Å²) in [6, 6.07) is 5.49. The lowest BCUT2D eigenvalue weighted by Crippen LogP contribution is -2.49. The molecule has 1 atom stereocenters. The predicted molar refractivity (Wildman–Crippen MR) is 65.4 cm³/mol. The number of nitrogens with two attached hydrogens (primary N) is 1. The summed E-state index contributed by atoms with van der Waals surface area (Å²) in [5, 5.41) is 0. The van der Waals surface area contributed by atoms with Crippen LogP contribution in [0.3, 0.4) is 0 Å². The standard InChI is InChI=1S/C14H14F3NO/c1-19-12-6-4-11(5-7-12)13(18,14(15,16)17)9-8-10-2-3-10/h4-7,10H,2-3,18H2,1H3/t13-/m0/s1. The molecule has 2 rings (SSSR count). The SMILES string of the molecule is COc1ccc([C@@](N)(C#CC2CC2)C(F)(F)F)cc1. The Labute approximate surface area is 109 Å². The van der Waals surface area contributed by atoms with Gasteiger partial charge in [-0.25, -0.2) is 0 Å². The molecule has 0 heterocycles. The second-order valence-electron chi connectivity index (χ2n) is 4.58. The van der Waals surface area contributed by atoms with E-state index in [9.17, 15) is 13.2 Å². The minimum atomic E-state index is -4.62. The van der Waals surface area contributed by atoms with Crippen molar-refractivity contribution in [1.29, 1.82) is 0 Å². The van der Waals surface area contributed by atoms with E-state index < -0.39 is 11.7 Å². The van der Waals surface area contributed by atoms with Crippen LogP contribution in [0.15, 0.2) is 24.3 Å². The van der Waals surface area contributed by atoms with E-state index in [0.717, 1.165) is 12.8 Å². The average Bonchev–Trinajstić information content (AvgIpc) is 3.18. The molecule has 1 aromatic rings. The maximum Gasteiger partial charge on any atom is 0.422 e. The number of rotatable bonds is 2. The molecule has 0 saturated heterocycles. The molecule has 1 aliphatic rings. The number of hydrogen-bond acceptors (Lipinski definition) is 2. The van der Waals surface area contributed by atoms with Crippen molar-refractivity contribution in [2.75, 3.05) is 7.11 Å². The Hall–Kier alpha value is -1.67.